The Balaban J connectivity index is 2.02. The molecule has 0 bridgehead atoms. The van der Waals surface area contributed by atoms with Gasteiger partial charge in [0.1, 0.15) is 0 Å². The van der Waals surface area contributed by atoms with Gasteiger partial charge in [0.25, 0.3) is 0 Å². The quantitative estimate of drug-likeness (QED) is 0.878. The maximum atomic E-state index is 12.2. The maximum Gasteiger partial charge on any atom is 0.234 e. The highest BCUT2D eigenvalue weighted by Crippen LogP contribution is 2.20. The van der Waals surface area contributed by atoms with Gasteiger partial charge in [-0.25, -0.2) is 8.42 Å². The molecule has 112 valence electrons. The van der Waals surface area contributed by atoms with Crippen molar-refractivity contribution < 1.29 is 8.42 Å². The summed E-state index contributed by atoms with van der Waals surface area (Å²) in [4.78, 5) is 0. The number of piperidine rings is 1. The predicted molar refractivity (Wildman–Crippen MR) is 83.6 cm³/mol. The monoisotopic (exact) mass is 296 g/mol. The summed E-state index contributed by atoms with van der Waals surface area (Å²) in [7, 11) is -3.29. The first-order valence-corrected chi connectivity index (χ1v) is 8.95. The van der Waals surface area contributed by atoms with Crippen LogP contribution >= 0.6 is 0 Å². The van der Waals surface area contributed by atoms with Crippen molar-refractivity contribution in [1.29, 1.82) is 0 Å². The van der Waals surface area contributed by atoms with Crippen molar-refractivity contribution in [2.24, 2.45) is 0 Å². The van der Waals surface area contributed by atoms with Gasteiger partial charge in [-0.1, -0.05) is 32.4 Å². The van der Waals surface area contributed by atoms with Crippen molar-refractivity contribution >= 4 is 15.7 Å². The average Bonchev–Trinajstić information content (AvgIpc) is 2.39. The second-order valence-electron chi connectivity index (χ2n) is 5.81. The van der Waals surface area contributed by atoms with Crippen LogP contribution in [-0.2, 0) is 10.0 Å². The van der Waals surface area contributed by atoms with Gasteiger partial charge in [0.05, 0.1) is 5.75 Å². The SMILES string of the molecule is CC(C)c1cccc(NS(=O)(=O)CC2CCCCN2)c1. The molecule has 4 nitrogen and oxygen atoms in total. The third-order valence-corrected chi connectivity index (χ3v) is 5.05. The molecule has 1 aliphatic rings. The Hall–Kier alpha value is -1.07. The lowest BCUT2D eigenvalue weighted by molar-refractivity contribution is 0.424. The Morgan fingerprint density at radius 3 is 2.80 bits per heavy atom. The van der Waals surface area contributed by atoms with E-state index in [1.54, 1.807) is 6.07 Å². The van der Waals surface area contributed by atoms with Gasteiger partial charge >= 0.3 is 0 Å². The van der Waals surface area contributed by atoms with Crippen LogP contribution in [0.5, 0.6) is 0 Å². The molecule has 2 N–H and O–H groups in total. The minimum Gasteiger partial charge on any atom is -0.313 e. The van der Waals surface area contributed by atoms with Crippen molar-refractivity contribution in [2.45, 2.75) is 45.1 Å². The fourth-order valence-electron chi connectivity index (χ4n) is 2.51. The number of nitrogens with one attached hydrogen (secondary N) is 2. The van der Waals surface area contributed by atoms with Crippen LogP contribution in [0.2, 0.25) is 0 Å². The summed E-state index contributed by atoms with van der Waals surface area (Å²) in [5, 5.41) is 3.27. The molecule has 0 aromatic heterocycles. The molecule has 0 spiro atoms. The van der Waals surface area contributed by atoms with Crippen molar-refractivity contribution in [3.8, 4) is 0 Å². The van der Waals surface area contributed by atoms with Gasteiger partial charge in [-0.05, 0) is 43.0 Å². The Labute approximate surface area is 122 Å². The number of hydrogen-bond donors (Lipinski definition) is 2. The standard InChI is InChI=1S/C15H24N2O2S/c1-12(2)13-6-5-8-14(10-13)17-20(18,19)11-15-7-3-4-9-16-15/h5-6,8,10,12,15-17H,3-4,7,9,11H2,1-2H3. The summed E-state index contributed by atoms with van der Waals surface area (Å²) in [5.41, 5.74) is 1.80. The first kappa shape index (κ1) is 15.3. The lowest BCUT2D eigenvalue weighted by Crippen LogP contribution is -2.40. The van der Waals surface area contributed by atoms with Gasteiger partial charge in [-0.2, -0.15) is 0 Å². The van der Waals surface area contributed by atoms with E-state index in [1.807, 2.05) is 18.2 Å². The van der Waals surface area contributed by atoms with E-state index in [0.29, 0.717) is 11.6 Å². The van der Waals surface area contributed by atoms with Crippen LogP contribution in [0.3, 0.4) is 0 Å². The Morgan fingerprint density at radius 1 is 1.35 bits per heavy atom. The number of rotatable bonds is 5. The van der Waals surface area contributed by atoms with E-state index in [4.69, 9.17) is 0 Å². The molecule has 2 rings (SSSR count). The lowest BCUT2D eigenvalue weighted by atomic mass is 10.0. The van der Waals surface area contributed by atoms with Crippen LogP contribution in [0.25, 0.3) is 0 Å². The highest BCUT2D eigenvalue weighted by molar-refractivity contribution is 7.92. The molecule has 5 heteroatoms. The second-order valence-corrected chi connectivity index (χ2v) is 7.58. The van der Waals surface area contributed by atoms with Crippen molar-refractivity contribution in [1.82, 2.24) is 5.32 Å². The van der Waals surface area contributed by atoms with Crippen LogP contribution in [0.15, 0.2) is 24.3 Å². The molecule has 0 saturated carbocycles. The fourth-order valence-corrected chi connectivity index (χ4v) is 3.90. The van der Waals surface area contributed by atoms with E-state index in [2.05, 4.69) is 23.9 Å². The topological polar surface area (TPSA) is 58.2 Å². The molecule has 20 heavy (non-hydrogen) atoms. The van der Waals surface area contributed by atoms with E-state index in [9.17, 15) is 8.42 Å². The van der Waals surface area contributed by atoms with E-state index >= 15 is 0 Å². The van der Waals surface area contributed by atoms with Crippen LogP contribution in [-0.4, -0.2) is 26.8 Å². The molecule has 1 aromatic carbocycles. The Kier molecular flexibility index (Phi) is 5.05. The van der Waals surface area contributed by atoms with Gasteiger partial charge in [-0.15, -0.1) is 0 Å². The first-order chi connectivity index (χ1) is 9.46. The summed E-state index contributed by atoms with van der Waals surface area (Å²) in [5.74, 6) is 0.540. The molecule has 1 heterocycles. The molecule has 1 fully saturated rings. The molecule has 1 atom stereocenters. The predicted octanol–water partition coefficient (Wildman–Crippen LogP) is 2.69. The van der Waals surface area contributed by atoms with Crippen LogP contribution in [0, 0.1) is 0 Å². The smallest absolute Gasteiger partial charge is 0.234 e. The number of benzene rings is 1. The van der Waals surface area contributed by atoms with Gasteiger partial charge in [-0.3, -0.25) is 4.72 Å². The highest BCUT2D eigenvalue weighted by Gasteiger charge is 2.20. The number of anilines is 1. The molecular weight excluding hydrogens is 272 g/mol. The summed E-state index contributed by atoms with van der Waals surface area (Å²) >= 11 is 0. The van der Waals surface area contributed by atoms with Gasteiger partial charge in [0, 0.05) is 11.7 Å². The minimum atomic E-state index is -3.29. The van der Waals surface area contributed by atoms with Gasteiger partial charge < -0.3 is 5.32 Å². The molecule has 0 radical (unpaired) electrons. The summed E-state index contributed by atoms with van der Waals surface area (Å²) in [6.45, 7) is 5.11. The molecular formula is C15H24N2O2S. The number of sulfonamides is 1. The van der Waals surface area contributed by atoms with E-state index < -0.39 is 10.0 Å². The van der Waals surface area contributed by atoms with Crippen LogP contribution in [0.1, 0.15) is 44.6 Å². The summed E-state index contributed by atoms with van der Waals surface area (Å²) < 4.78 is 27.1. The minimum absolute atomic E-state index is 0.0783. The van der Waals surface area contributed by atoms with Crippen LogP contribution in [0.4, 0.5) is 5.69 Å². The van der Waals surface area contributed by atoms with E-state index in [1.165, 1.54) is 0 Å². The second kappa shape index (κ2) is 6.59. The average molecular weight is 296 g/mol. The molecule has 1 aliphatic heterocycles. The van der Waals surface area contributed by atoms with E-state index in [0.717, 1.165) is 31.4 Å². The Morgan fingerprint density at radius 2 is 2.15 bits per heavy atom. The van der Waals surface area contributed by atoms with E-state index in [-0.39, 0.29) is 11.8 Å². The fraction of sp³-hybridized carbons (Fsp3) is 0.600. The molecule has 1 saturated heterocycles. The summed E-state index contributed by atoms with van der Waals surface area (Å²) in [6.07, 6.45) is 3.18. The van der Waals surface area contributed by atoms with Gasteiger partial charge in [0.15, 0.2) is 0 Å². The molecule has 1 aromatic rings. The largest absolute Gasteiger partial charge is 0.313 e. The normalized spacial score (nSPS) is 20.1. The molecule has 1 unspecified atom stereocenters. The zero-order chi connectivity index (χ0) is 14.6. The summed E-state index contributed by atoms with van der Waals surface area (Å²) in [6, 6.07) is 7.71. The Bertz CT molecular complexity index is 535. The van der Waals surface area contributed by atoms with Crippen molar-refractivity contribution in [3.05, 3.63) is 29.8 Å². The molecule has 0 aliphatic carbocycles. The zero-order valence-corrected chi connectivity index (χ0v) is 13.0. The third-order valence-electron chi connectivity index (χ3n) is 3.66. The number of hydrogen-bond acceptors (Lipinski definition) is 3. The van der Waals surface area contributed by atoms with Gasteiger partial charge in [0.2, 0.25) is 10.0 Å². The molecule has 0 amide bonds. The van der Waals surface area contributed by atoms with Crippen LogP contribution < -0.4 is 10.0 Å². The third kappa shape index (κ3) is 4.49. The maximum absolute atomic E-state index is 12.2. The van der Waals surface area contributed by atoms with Crippen molar-refractivity contribution in [2.75, 3.05) is 17.0 Å². The zero-order valence-electron chi connectivity index (χ0n) is 12.2. The highest BCUT2D eigenvalue weighted by atomic mass is 32.2. The lowest BCUT2D eigenvalue weighted by Gasteiger charge is -2.23. The first-order valence-electron chi connectivity index (χ1n) is 7.30. The van der Waals surface area contributed by atoms with Crippen molar-refractivity contribution in [3.63, 3.8) is 0 Å².